The SMILES string of the molecule is CN1CN(C2CCC(=O)CC2)c2nc(Cl)ncc21. The Morgan fingerprint density at radius 2 is 2.11 bits per heavy atom. The van der Waals surface area contributed by atoms with Gasteiger partial charge in [0, 0.05) is 25.9 Å². The molecule has 0 atom stereocenters. The number of aromatic nitrogens is 2. The van der Waals surface area contributed by atoms with Gasteiger partial charge in [-0.15, -0.1) is 0 Å². The summed E-state index contributed by atoms with van der Waals surface area (Å²) in [6.07, 6.45) is 4.94. The summed E-state index contributed by atoms with van der Waals surface area (Å²) >= 11 is 5.88. The molecule has 1 aromatic heterocycles. The first-order valence-corrected chi connectivity index (χ1v) is 6.55. The van der Waals surface area contributed by atoms with E-state index in [1.54, 1.807) is 6.20 Å². The molecule has 0 unspecified atom stereocenters. The van der Waals surface area contributed by atoms with E-state index in [0.717, 1.165) is 31.0 Å². The van der Waals surface area contributed by atoms with Crippen molar-refractivity contribution in [3.63, 3.8) is 0 Å². The molecule has 3 rings (SSSR count). The lowest BCUT2D eigenvalue weighted by molar-refractivity contribution is -0.120. The van der Waals surface area contributed by atoms with Crippen LogP contribution in [-0.2, 0) is 4.79 Å². The lowest BCUT2D eigenvalue weighted by atomic mass is 9.93. The molecule has 1 aliphatic heterocycles. The maximum Gasteiger partial charge on any atom is 0.224 e. The maximum atomic E-state index is 11.3. The van der Waals surface area contributed by atoms with Crippen molar-refractivity contribution >= 4 is 28.9 Å². The van der Waals surface area contributed by atoms with Crippen LogP contribution in [0.25, 0.3) is 0 Å². The molecule has 2 heterocycles. The van der Waals surface area contributed by atoms with E-state index in [1.165, 1.54) is 0 Å². The predicted octanol–water partition coefficient (Wildman–Crippen LogP) is 1.86. The molecular weight excluding hydrogens is 252 g/mol. The van der Waals surface area contributed by atoms with E-state index >= 15 is 0 Å². The van der Waals surface area contributed by atoms with E-state index < -0.39 is 0 Å². The minimum atomic E-state index is 0.279. The van der Waals surface area contributed by atoms with E-state index in [0.29, 0.717) is 24.7 Å². The van der Waals surface area contributed by atoms with E-state index in [4.69, 9.17) is 11.6 Å². The van der Waals surface area contributed by atoms with Gasteiger partial charge in [0.2, 0.25) is 5.28 Å². The molecule has 0 spiro atoms. The number of hydrogen-bond donors (Lipinski definition) is 0. The van der Waals surface area contributed by atoms with Crippen LogP contribution in [0.3, 0.4) is 0 Å². The number of anilines is 2. The third-order valence-corrected chi connectivity index (χ3v) is 3.90. The fourth-order valence-electron chi connectivity index (χ4n) is 2.72. The van der Waals surface area contributed by atoms with Gasteiger partial charge in [-0.2, -0.15) is 4.98 Å². The van der Waals surface area contributed by atoms with Crippen LogP contribution in [0.5, 0.6) is 0 Å². The monoisotopic (exact) mass is 266 g/mol. The smallest absolute Gasteiger partial charge is 0.224 e. The van der Waals surface area contributed by atoms with Gasteiger partial charge in [0.15, 0.2) is 5.82 Å². The second kappa shape index (κ2) is 4.39. The van der Waals surface area contributed by atoms with Crippen LogP contribution in [0.1, 0.15) is 25.7 Å². The van der Waals surface area contributed by atoms with Gasteiger partial charge in [-0.25, -0.2) is 4.98 Å². The van der Waals surface area contributed by atoms with Gasteiger partial charge in [0.1, 0.15) is 5.78 Å². The normalized spacial score (nSPS) is 20.4. The Bertz CT molecular complexity index is 483. The zero-order valence-electron chi connectivity index (χ0n) is 10.3. The first-order valence-electron chi connectivity index (χ1n) is 6.17. The highest BCUT2D eigenvalue weighted by Gasteiger charge is 2.33. The third-order valence-electron chi connectivity index (χ3n) is 3.72. The summed E-state index contributed by atoms with van der Waals surface area (Å²) in [7, 11) is 2.02. The van der Waals surface area contributed by atoms with Crippen LogP contribution in [0.2, 0.25) is 5.28 Å². The molecule has 0 radical (unpaired) electrons. The summed E-state index contributed by atoms with van der Waals surface area (Å²) in [5.41, 5.74) is 1.01. The van der Waals surface area contributed by atoms with E-state index in [-0.39, 0.29) is 5.28 Å². The molecule has 0 amide bonds. The van der Waals surface area contributed by atoms with Gasteiger partial charge < -0.3 is 9.80 Å². The minimum Gasteiger partial charge on any atom is -0.353 e. The van der Waals surface area contributed by atoms with Gasteiger partial charge in [-0.3, -0.25) is 4.79 Å². The van der Waals surface area contributed by atoms with Crippen LogP contribution in [-0.4, -0.2) is 35.5 Å². The molecule has 6 heteroatoms. The standard InChI is InChI=1S/C12H15ClN4O/c1-16-7-17(8-2-4-9(18)5-3-8)11-10(16)6-14-12(13)15-11/h6,8H,2-5,7H2,1H3. The summed E-state index contributed by atoms with van der Waals surface area (Å²) in [5, 5.41) is 0.279. The van der Waals surface area contributed by atoms with E-state index in [2.05, 4.69) is 19.8 Å². The molecule has 1 fully saturated rings. The number of Topliss-reactive ketones (excluding diaryl/α,β-unsaturated/α-hetero) is 1. The summed E-state index contributed by atoms with van der Waals surface area (Å²) in [6, 6.07) is 0.386. The van der Waals surface area contributed by atoms with Gasteiger partial charge in [-0.1, -0.05) is 0 Å². The highest BCUT2D eigenvalue weighted by atomic mass is 35.5. The Labute approximate surface area is 111 Å². The zero-order valence-corrected chi connectivity index (χ0v) is 11.0. The van der Waals surface area contributed by atoms with Crippen LogP contribution >= 0.6 is 11.6 Å². The van der Waals surface area contributed by atoms with Crippen molar-refractivity contribution in [3.05, 3.63) is 11.5 Å². The second-order valence-corrected chi connectivity index (χ2v) is 5.26. The number of ketones is 1. The average molecular weight is 267 g/mol. The fourth-order valence-corrected chi connectivity index (χ4v) is 2.85. The van der Waals surface area contributed by atoms with Crippen molar-refractivity contribution < 1.29 is 4.79 Å². The maximum absolute atomic E-state index is 11.3. The highest BCUT2D eigenvalue weighted by Crippen LogP contribution is 2.37. The number of nitrogens with zero attached hydrogens (tertiary/aromatic N) is 4. The molecule has 5 nitrogen and oxygen atoms in total. The van der Waals surface area contributed by atoms with Crippen molar-refractivity contribution in [1.82, 2.24) is 9.97 Å². The molecule has 0 N–H and O–H groups in total. The van der Waals surface area contributed by atoms with Gasteiger partial charge in [0.25, 0.3) is 0 Å². The largest absolute Gasteiger partial charge is 0.353 e. The van der Waals surface area contributed by atoms with Crippen LogP contribution < -0.4 is 9.80 Å². The Hall–Kier alpha value is -1.36. The number of rotatable bonds is 1. The molecule has 0 bridgehead atoms. The number of halogens is 1. The lowest BCUT2D eigenvalue weighted by Gasteiger charge is -2.31. The molecule has 96 valence electrons. The van der Waals surface area contributed by atoms with Gasteiger partial charge >= 0.3 is 0 Å². The molecule has 18 heavy (non-hydrogen) atoms. The predicted molar refractivity (Wildman–Crippen MR) is 70.1 cm³/mol. The molecule has 0 saturated heterocycles. The Kier molecular flexibility index (Phi) is 2.86. The molecule has 0 aromatic carbocycles. The lowest BCUT2D eigenvalue weighted by Crippen LogP contribution is -2.40. The van der Waals surface area contributed by atoms with Crippen molar-refractivity contribution in [2.24, 2.45) is 0 Å². The Balaban J connectivity index is 1.87. The fraction of sp³-hybridized carbons (Fsp3) is 0.583. The topological polar surface area (TPSA) is 49.3 Å². The Morgan fingerprint density at radius 3 is 2.83 bits per heavy atom. The Morgan fingerprint density at radius 1 is 1.39 bits per heavy atom. The number of carbonyl (C=O) groups is 1. The highest BCUT2D eigenvalue weighted by molar-refractivity contribution is 6.28. The first-order chi connectivity index (χ1) is 8.65. The molecule has 1 aromatic rings. The summed E-state index contributed by atoms with van der Waals surface area (Å²) in [6.45, 7) is 0.795. The summed E-state index contributed by atoms with van der Waals surface area (Å²) in [5.74, 6) is 1.27. The van der Waals surface area contributed by atoms with Crippen molar-refractivity contribution in [1.29, 1.82) is 0 Å². The summed E-state index contributed by atoms with van der Waals surface area (Å²) < 4.78 is 0. The summed E-state index contributed by atoms with van der Waals surface area (Å²) in [4.78, 5) is 24.0. The second-order valence-electron chi connectivity index (χ2n) is 4.93. The zero-order chi connectivity index (χ0) is 12.7. The van der Waals surface area contributed by atoms with Crippen LogP contribution in [0, 0.1) is 0 Å². The van der Waals surface area contributed by atoms with E-state index in [9.17, 15) is 4.79 Å². The molecule has 2 aliphatic rings. The minimum absolute atomic E-state index is 0.279. The molecule has 1 aliphatic carbocycles. The molecular formula is C12H15ClN4O. The van der Waals surface area contributed by atoms with Crippen molar-refractivity contribution in [2.75, 3.05) is 23.5 Å². The van der Waals surface area contributed by atoms with Gasteiger partial charge in [-0.05, 0) is 24.4 Å². The third kappa shape index (κ3) is 1.92. The van der Waals surface area contributed by atoms with Crippen LogP contribution in [0.4, 0.5) is 11.5 Å². The first kappa shape index (κ1) is 11.7. The van der Waals surface area contributed by atoms with Crippen molar-refractivity contribution in [2.45, 2.75) is 31.7 Å². The van der Waals surface area contributed by atoms with Crippen LogP contribution in [0.15, 0.2) is 6.20 Å². The van der Waals surface area contributed by atoms with E-state index in [1.807, 2.05) is 7.05 Å². The number of fused-ring (bicyclic) bond motifs is 1. The van der Waals surface area contributed by atoms with Crippen molar-refractivity contribution in [3.8, 4) is 0 Å². The number of hydrogen-bond acceptors (Lipinski definition) is 5. The van der Waals surface area contributed by atoms with Gasteiger partial charge in [0.05, 0.1) is 18.6 Å². The quantitative estimate of drug-likeness (QED) is 0.726. The molecule has 1 saturated carbocycles. The number of carbonyl (C=O) groups excluding carboxylic acids is 1. The average Bonchev–Trinajstić information content (AvgIpc) is 2.67.